The average molecular weight is 340 g/mol. The molecule has 1 saturated carbocycles. The predicted molar refractivity (Wildman–Crippen MR) is 75.1 cm³/mol. The molecule has 0 bridgehead atoms. The summed E-state index contributed by atoms with van der Waals surface area (Å²) in [7, 11) is 0. The highest BCUT2D eigenvalue weighted by molar-refractivity contribution is 9.10. The SMILES string of the molecule is O=C=NC1(c2cc3c(c(Br)c2O)OCCO3)CCCC1. The molecule has 1 aromatic rings. The molecule has 0 atom stereocenters. The van der Waals surface area contributed by atoms with Gasteiger partial charge in [0.25, 0.3) is 0 Å². The maximum Gasteiger partial charge on any atom is 0.235 e. The first-order valence-corrected chi connectivity index (χ1v) is 7.38. The van der Waals surface area contributed by atoms with Gasteiger partial charge in [0.05, 0.1) is 0 Å². The van der Waals surface area contributed by atoms with Crippen LogP contribution in [0.15, 0.2) is 15.5 Å². The van der Waals surface area contributed by atoms with Crippen LogP contribution in [0.2, 0.25) is 0 Å². The molecule has 0 aromatic heterocycles. The van der Waals surface area contributed by atoms with Gasteiger partial charge in [0.15, 0.2) is 11.5 Å². The van der Waals surface area contributed by atoms with E-state index in [9.17, 15) is 9.90 Å². The number of rotatable bonds is 2. The van der Waals surface area contributed by atoms with E-state index in [2.05, 4.69) is 20.9 Å². The molecule has 1 aromatic carbocycles. The van der Waals surface area contributed by atoms with E-state index in [1.807, 2.05) is 0 Å². The third-order valence-electron chi connectivity index (χ3n) is 3.94. The summed E-state index contributed by atoms with van der Waals surface area (Å²) < 4.78 is 11.5. The van der Waals surface area contributed by atoms with E-state index in [0.717, 1.165) is 25.7 Å². The van der Waals surface area contributed by atoms with Crippen LogP contribution in [0.4, 0.5) is 0 Å². The molecule has 0 saturated heterocycles. The van der Waals surface area contributed by atoms with Gasteiger partial charge in [-0.05, 0) is 34.8 Å². The van der Waals surface area contributed by atoms with Crippen LogP contribution in [0.5, 0.6) is 17.2 Å². The minimum Gasteiger partial charge on any atom is -0.506 e. The number of aromatic hydroxyl groups is 1. The molecule has 2 aliphatic rings. The van der Waals surface area contributed by atoms with E-state index in [-0.39, 0.29) is 5.75 Å². The molecular formula is C14H14BrNO4. The van der Waals surface area contributed by atoms with Gasteiger partial charge < -0.3 is 14.6 Å². The first kappa shape index (κ1) is 13.5. The Balaban J connectivity index is 2.18. The largest absolute Gasteiger partial charge is 0.506 e. The van der Waals surface area contributed by atoms with Gasteiger partial charge in [-0.15, -0.1) is 0 Å². The lowest BCUT2D eigenvalue weighted by atomic mass is 9.88. The number of isocyanates is 1. The average Bonchev–Trinajstić information content (AvgIpc) is 2.93. The van der Waals surface area contributed by atoms with Crippen LogP contribution in [0.25, 0.3) is 0 Å². The Bertz CT molecular complexity index is 589. The standard InChI is InChI=1S/C14H14BrNO4/c15-11-12(18)9(7-10-13(11)20-6-5-19-10)14(16-8-17)3-1-2-4-14/h7,18H,1-6H2. The summed E-state index contributed by atoms with van der Waals surface area (Å²) >= 11 is 3.34. The Morgan fingerprint density at radius 1 is 1.30 bits per heavy atom. The molecule has 106 valence electrons. The van der Waals surface area contributed by atoms with E-state index in [1.165, 1.54) is 0 Å². The summed E-state index contributed by atoms with van der Waals surface area (Å²) in [4.78, 5) is 14.8. The summed E-state index contributed by atoms with van der Waals surface area (Å²) in [5.41, 5.74) is -0.0843. The van der Waals surface area contributed by atoms with Gasteiger partial charge in [-0.1, -0.05) is 12.8 Å². The molecular weight excluding hydrogens is 326 g/mol. The number of fused-ring (bicyclic) bond motifs is 1. The van der Waals surface area contributed by atoms with Gasteiger partial charge in [0.1, 0.15) is 29.0 Å². The lowest BCUT2D eigenvalue weighted by Gasteiger charge is -2.28. The van der Waals surface area contributed by atoms with Crippen LogP contribution < -0.4 is 9.47 Å². The minimum atomic E-state index is -0.690. The van der Waals surface area contributed by atoms with Gasteiger partial charge in [-0.3, -0.25) is 0 Å². The molecule has 1 aliphatic carbocycles. The van der Waals surface area contributed by atoms with Crippen molar-refractivity contribution in [3.63, 3.8) is 0 Å². The predicted octanol–water partition coefficient (Wildman–Crippen LogP) is 3.03. The van der Waals surface area contributed by atoms with Crippen LogP contribution in [-0.4, -0.2) is 24.4 Å². The zero-order chi connectivity index (χ0) is 14.2. The Morgan fingerprint density at radius 3 is 2.70 bits per heavy atom. The Labute approximate surface area is 124 Å². The van der Waals surface area contributed by atoms with Gasteiger partial charge >= 0.3 is 0 Å². The highest BCUT2D eigenvalue weighted by atomic mass is 79.9. The first-order chi connectivity index (χ1) is 9.68. The van der Waals surface area contributed by atoms with Crippen LogP contribution in [0.1, 0.15) is 31.2 Å². The first-order valence-electron chi connectivity index (χ1n) is 6.58. The van der Waals surface area contributed by atoms with Crippen molar-refractivity contribution >= 4 is 22.0 Å². The van der Waals surface area contributed by atoms with Crippen LogP contribution >= 0.6 is 15.9 Å². The summed E-state index contributed by atoms with van der Waals surface area (Å²) in [6, 6.07) is 1.74. The van der Waals surface area contributed by atoms with E-state index < -0.39 is 5.54 Å². The third-order valence-corrected chi connectivity index (χ3v) is 4.68. The Kier molecular flexibility index (Phi) is 3.44. The van der Waals surface area contributed by atoms with Crippen molar-refractivity contribution in [1.82, 2.24) is 0 Å². The van der Waals surface area contributed by atoms with Crippen molar-refractivity contribution in [3.05, 3.63) is 16.1 Å². The second-order valence-corrected chi connectivity index (χ2v) is 5.85. The molecule has 1 aliphatic heterocycles. The van der Waals surface area contributed by atoms with Crippen molar-refractivity contribution in [2.75, 3.05) is 13.2 Å². The van der Waals surface area contributed by atoms with Crippen molar-refractivity contribution in [1.29, 1.82) is 0 Å². The van der Waals surface area contributed by atoms with Gasteiger partial charge in [0.2, 0.25) is 6.08 Å². The zero-order valence-corrected chi connectivity index (χ0v) is 12.4. The van der Waals surface area contributed by atoms with E-state index in [4.69, 9.17) is 9.47 Å². The lowest BCUT2D eigenvalue weighted by Crippen LogP contribution is -2.21. The molecule has 0 radical (unpaired) electrons. The normalized spacial score (nSPS) is 19.4. The number of carbonyl (C=O) groups excluding carboxylic acids is 1. The van der Waals surface area contributed by atoms with Gasteiger partial charge in [-0.25, -0.2) is 4.79 Å². The zero-order valence-electron chi connectivity index (χ0n) is 10.8. The second kappa shape index (κ2) is 5.11. The van der Waals surface area contributed by atoms with Crippen molar-refractivity contribution in [2.24, 2.45) is 4.99 Å². The number of phenolic OH excluding ortho intramolecular Hbond substituents is 1. The summed E-state index contributed by atoms with van der Waals surface area (Å²) in [5.74, 6) is 1.14. The second-order valence-electron chi connectivity index (χ2n) is 5.05. The number of benzene rings is 1. The van der Waals surface area contributed by atoms with Crippen LogP contribution in [-0.2, 0) is 10.3 Å². The number of halogens is 1. The maximum absolute atomic E-state index is 10.8. The summed E-state index contributed by atoms with van der Waals surface area (Å²) in [6.45, 7) is 0.912. The number of nitrogens with zero attached hydrogens (tertiary/aromatic N) is 1. The van der Waals surface area contributed by atoms with E-state index >= 15 is 0 Å². The molecule has 1 N–H and O–H groups in total. The Morgan fingerprint density at radius 2 is 2.00 bits per heavy atom. The highest BCUT2D eigenvalue weighted by Gasteiger charge is 2.40. The van der Waals surface area contributed by atoms with Gasteiger partial charge in [0, 0.05) is 5.56 Å². The molecule has 1 heterocycles. The number of phenols is 1. The van der Waals surface area contributed by atoms with Crippen LogP contribution in [0, 0.1) is 0 Å². The fourth-order valence-corrected chi connectivity index (χ4v) is 3.50. The van der Waals surface area contributed by atoms with Crippen molar-refractivity contribution < 1.29 is 19.4 Å². The molecule has 5 nitrogen and oxygen atoms in total. The maximum atomic E-state index is 10.8. The quantitative estimate of drug-likeness (QED) is 0.664. The summed E-state index contributed by atoms with van der Waals surface area (Å²) in [5, 5.41) is 10.4. The topological polar surface area (TPSA) is 68.1 Å². The smallest absolute Gasteiger partial charge is 0.235 e. The van der Waals surface area contributed by atoms with Crippen molar-refractivity contribution in [3.8, 4) is 17.2 Å². The highest BCUT2D eigenvalue weighted by Crippen LogP contribution is 2.52. The van der Waals surface area contributed by atoms with Crippen LogP contribution in [0.3, 0.4) is 0 Å². The molecule has 3 rings (SSSR count). The lowest BCUT2D eigenvalue weighted by molar-refractivity contribution is 0.168. The number of hydrogen-bond acceptors (Lipinski definition) is 5. The minimum absolute atomic E-state index is 0.0650. The van der Waals surface area contributed by atoms with E-state index in [0.29, 0.717) is 34.7 Å². The Hall–Kier alpha value is -1.52. The van der Waals surface area contributed by atoms with Crippen molar-refractivity contribution in [2.45, 2.75) is 31.2 Å². The molecule has 0 amide bonds. The molecule has 20 heavy (non-hydrogen) atoms. The molecule has 1 fully saturated rings. The fourth-order valence-electron chi connectivity index (χ4n) is 2.98. The summed E-state index contributed by atoms with van der Waals surface area (Å²) in [6.07, 6.45) is 5.04. The molecule has 0 unspecified atom stereocenters. The number of hydrogen-bond donors (Lipinski definition) is 1. The third kappa shape index (κ3) is 2.00. The van der Waals surface area contributed by atoms with E-state index in [1.54, 1.807) is 12.1 Å². The van der Waals surface area contributed by atoms with Gasteiger partial charge in [-0.2, -0.15) is 4.99 Å². The number of ether oxygens (including phenoxy) is 2. The molecule has 0 spiro atoms. The monoisotopic (exact) mass is 339 g/mol. The molecule has 6 heteroatoms. The fraction of sp³-hybridized carbons (Fsp3) is 0.500. The number of aliphatic imine (C=N–C) groups is 1.